The lowest BCUT2D eigenvalue weighted by Gasteiger charge is -2.13. The molecule has 0 spiro atoms. The quantitative estimate of drug-likeness (QED) is 0.852. The molecule has 114 valence electrons. The second-order valence-corrected chi connectivity index (χ2v) is 5.78. The third-order valence-corrected chi connectivity index (χ3v) is 3.43. The number of pyridine rings is 1. The highest BCUT2D eigenvalue weighted by molar-refractivity contribution is 5.94. The van der Waals surface area contributed by atoms with Crippen LogP contribution in [0.25, 0.3) is 0 Å². The van der Waals surface area contributed by atoms with Crippen molar-refractivity contribution < 1.29 is 9.59 Å². The molecule has 2 heterocycles. The van der Waals surface area contributed by atoms with Crippen LogP contribution in [0.15, 0.2) is 18.3 Å². The van der Waals surface area contributed by atoms with Gasteiger partial charge < -0.3 is 15.5 Å². The van der Waals surface area contributed by atoms with Crippen LogP contribution >= 0.6 is 0 Å². The molecule has 1 saturated heterocycles. The van der Waals surface area contributed by atoms with Crippen molar-refractivity contribution in [2.45, 2.75) is 26.3 Å². The van der Waals surface area contributed by atoms with Crippen LogP contribution in [0.3, 0.4) is 0 Å². The normalized spacial score (nSPS) is 18.2. The summed E-state index contributed by atoms with van der Waals surface area (Å²) in [6.45, 7) is 5.29. The molecule has 2 rings (SSSR count). The molecule has 0 aliphatic carbocycles. The summed E-state index contributed by atoms with van der Waals surface area (Å²) in [4.78, 5) is 29.4. The molecule has 6 nitrogen and oxygen atoms in total. The number of likely N-dealkylation sites (tertiary alicyclic amines) is 1. The summed E-state index contributed by atoms with van der Waals surface area (Å²) in [5.74, 6) is 1.02. The van der Waals surface area contributed by atoms with E-state index in [4.69, 9.17) is 0 Å². The molecule has 0 bridgehead atoms. The minimum Gasteiger partial charge on any atom is -0.370 e. The molecule has 1 aromatic heterocycles. The van der Waals surface area contributed by atoms with E-state index < -0.39 is 0 Å². The van der Waals surface area contributed by atoms with Crippen LogP contribution in [0.5, 0.6) is 0 Å². The Bertz CT molecular complexity index is 530. The molecule has 1 unspecified atom stereocenters. The van der Waals surface area contributed by atoms with Crippen molar-refractivity contribution in [3.05, 3.63) is 23.9 Å². The fraction of sp³-hybridized carbons (Fsp3) is 0.533. The monoisotopic (exact) mass is 290 g/mol. The van der Waals surface area contributed by atoms with Crippen LogP contribution in [-0.2, 0) is 4.79 Å². The maximum Gasteiger partial charge on any atom is 0.251 e. The van der Waals surface area contributed by atoms with Gasteiger partial charge in [-0.3, -0.25) is 9.59 Å². The number of hydrogen-bond donors (Lipinski definition) is 2. The summed E-state index contributed by atoms with van der Waals surface area (Å²) >= 11 is 0. The summed E-state index contributed by atoms with van der Waals surface area (Å²) in [5.41, 5.74) is 0.584. The molecule has 0 radical (unpaired) electrons. The van der Waals surface area contributed by atoms with E-state index in [-0.39, 0.29) is 23.8 Å². The van der Waals surface area contributed by atoms with E-state index >= 15 is 0 Å². The Morgan fingerprint density at radius 2 is 2.29 bits per heavy atom. The first-order valence-electron chi connectivity index (χ1n) is 7.20. The topological polar surface area (TPSA) is 74.3 Å². The molecule has 21 heavy (non-hydrogen) atoms. The number of anilines is 1. The fourth-order valence-electron chi connectivity index (χ4n) is 2.36. The number of carbonyl (C=O) groups excluding carboxylic acids is 2. The maximum absolute atomic E-state index is 11.9. The van der Waals surface area contributed by atoms with E-state index in [1.165, 1.54) is 0 Å². The number of rotatable bonds is 5. The highest BCUT2D eigenvalue weighted by Gasteiger charge is 2.26. The van der Waals surface area contributed by atoms with Crippen molar-refractivity contribution >= 4 is 17.6 Å². The van der Waals surface area contributed by atoms with Gasteiger partial charge in [0.2, 0.25) is 5.91 Å². The van der Waals surface area contributed by atoms with Crippen LogP contribution in [0.1, 0.15) is 30.6 Å². The van der Waals surface area contributed by atoms with E-state index in [2.05, 4.69) is 15.6 Å². The van der Waals surface area contributed by atoms with Crippen LogP contribution in [0, 0.1) is 5.92 Å². The van der Waals surface area contributed by atoms with Gasteiger partial charge in [-0.15, -0.1) is 0 Å². The van der Waals surface area contributed by atoms with E-state index in [1.807, 2.05) is 20.9 Å². The predicted octanol–water partition coefficient (Wildman–Crippen LogP) is 1.11. The highest BCUT2D eigenvalue weighted by Crippen LogP contribution is 2.16. The number of carbonyl (C=O) groups is 2. The number of hydrogen-bond acceptors (Lipinski definition) is 4. The zero-order valence-corrected chi connectivity index (χ0v) is 12.7. The van der Waals surface area contributed by atoms with Gasteiger partial charge in [-0.2, -0.15) is 0 Å². The molecular weight excluding hydrogens is 268 g/mol. The molecule has 1 atom stereocenters. The number of nitrogens with one attached hydrogen (secondary N) is 2. The van der Waals surface area contributed by atoms with Crippen molar-refractivity contribution in [3.8, 4) is 0 Å². The first kappa shape index (κ1) is 15.3. The van der Waals surface area contributed by atoms with Crippen molar-refractivity contribution in [1.29, 1.82) is 0 Å². The van der Waals surface area contributed by atoms with E-state index in [9.17, 15) is 9.59 Å². The Balaban J connectivity index is 1.92. The van der Waals surface area contributed by atoms with Crippen molar-refractivity contribution in [2.75, 3.05) is 25.5 Å². The van der Waals surface area contributed by atoms with Crippen molar-refractivity contribution in [1.82, 2.24) is 15.2 Å². The molecule has 1 aliphatic rings. The average molecular weight is 290 g/mol. The molecule has 1 aromatic rings. The Hall–Kier alpha value is -2.11. The van der Waals surface area contributed by atoms with Gasteiger partial charge in [0.15, 0.2) is 0 Å². The summed E-state index contributed by atoms with van der Waals surface area (Å²) in [7, 11) is 1.82. The van der Waals surface area contributed by atoms with E-state index in [0.717, 1.165) is 6.54 Å². The number of amides is 2. The number of nitrogens with zero attached hydrogens (tertiary/aromatic N) is 2. The zero-order valence-electron chi connectivity index (χ0n) is 12.7. The first-order valence-corrected chi connectivity index (χ1v) is 7.20. The highest BCUT2D eigenvalue weighted by atomic mass is 16.2. The van der Waals surface area contributed by atoms with Crippen molar-refractivity contribution in [3.63, 3.8) is 0 Å². The Morgan fingerprint density at radius 1 is 1.52 bits per heavy atom. The molecule has 1 aliphatic heterocycles. The molecule has 0 saturated carbocycles. The van der Waals surface area contributed by atoms with Crippen LogP contribution < -0.4 is 10.6 Å². The molecule has 6 heteroatoms. The minimum absolute atomic E-state index is 0.0992. The largest absolute Gasteiger partial charge is 0.370 e. The Kier molecular flexibility index (Phi) is 4.77. The molecular formula is C15H22N4O2. The van der Waals surface area contributed by atoms with E-state index in [1.54, 1.807) is 23.2 Å². The SMILES string of the molecule is CC(C)NC(=O)c1ccnc(NCC2CC(=O)N(C)C2)c1. The third-order valence-electron chi connectivity index (χ3n) is 3.43. The van der Waals surface area contributed by atoms with Gasteiger partial charge in [0.05, 0.1) is 0 Å². The van der Waals surface area contributed by atoms with Gasteiger partial charge in [0.25, 0.3) is 5.91 Å². The lowest BCUT2D eigenvalue weighted by Crippen LogP contribution is -2.30. The second-order valence-electron chi connectivity index (χ2n) is 5.78. The summed E-state index contributed by atoms with van der Waals surface area (Å²) in [5, 5.41) is 6.06. The standard InChI is InChI=1S/C15H22N4O2/c1-10(2)18-15(21)12-4-5-16-13(7-12)17-8-11-6-14(20)19(3)9-11/h4-5,7,10-11H,6,8-9H2,1-3H3,(H,16,17)(H,18,21). The van der Waals surface area contributed by atoms with Gasteiger partial charge in [-0.1, -0.05) is 0 Å². The van der Waals surface area contributed by atoms with Gasteiger partial charge in [-0.05, 0) is 26.0 Å². The van der Waals surface area contributed by atoms with Gasteiger partial charge in [0, 0.05) is 50.3 Å². The Morgan fingerprint density at radius 3 is 2.90 bits per heavy atom. The summed E-state index contributed by atoms with van der Waals surface area (Å²) < 4.78 is 0. The average Bonchev–Trinajstić information content (AvgIpc) is 2.75. The smallest absolute Gasteiger partial charge is 0.251 e. The lowest BCUT2D eigenvalue weighted by molar-refractivity contribution is -0.126. The summed E-state index contributed by atoms with van der Waals surface area (Å²) in [6.07, 6.45) is 2.18. The molecule has 1 fully saturated rings. The van der Waals surface area contributed by atoms with Gasteiger partial charge in [-0.25, -0.2) is 4.98 Å². The zero-order chi connectivity index (χ0) is 15.4. The third kappa shape index (κ3) is 4.18. The summed E-state index contributed by atoms with van der Waals surface area (Å²) in [6, 6.07) is 3.52. The maximum atomic E-state index is 11.9. The second kappa shape index (κ2) is 6.56. The van der Waals surface area contributed by atoms with Crippen LogP contribution in [0.2, 0.25) is 0 Å². The molecule has 0 aromatic carbocycles. The van der Waals surface area contributed by atoms with Gasteiger partial charge in [0.1, 0.15) is 5.82 Å². The predicted molar refractivity (Wildman–Crippen MR) is 81.1 cm³/mol. The van der Waals surface area contributed by atoms with Gasteiger partial charge >= 0.3 is 0 Å². The van der Waals surface area contributed by atoms with Crippen molar-refractivity contribution in [2.24, 2.45) is 5.92 Å². The Labute approximate surface area is 124 Å². The lowest BCUT2D eigenvalue weighted by atomic mass is 10.1. The minimum atomic E-state index is -0.105. The fourth-order valence-corrected chi connectivity index (χ4v) is 2.36. The molecule has 2 N–H and O–H groups in total. The molecule has 2 amide bonds. The van der Waals surface area contributed by atoms with Crippen LogP contribution in [-0.4, -0.2) is 47.9 Å². The van der Waals surface area contributed by atoms with E-state index in [0.29, 0.717) is 24.3 Å². The first-order chi connectivity index (χ1) is 9.95. The number of aromatic nitrogens is 1. The van der Waals surface area contributed by atoms with Crippen LogP contribution in [0.4, 0.5) is 5.82 Å².